The van der Waals surface area contributed by atoms with Crippen molar-refractivity contribution in [3.05, 3.63) is 59.5 Å². The smallest absolute Gasteiger partial charge is 0.0417 e. The Bertz CT molecular complexity index is 739. The SMILES string of the molecule is NC1(c2cc(-c3cccs3)cc3ccccc23)CC1. The average Bonchev–Trinajstić information content (AvgIpc) is 2.98. The third-order valence-corrected chi connectivity index (χ3v) is 4.91. The lowest BCUT2D eigenvalue weighted by Crippen LogP contribution is -2.19. The minimum absolute atomic E-state index is 0.0904. The number of thiophene rings is 1. The molecule has 2 aromatic carbocycles. The maximum Gasteiger partial charge on any atom is 0.0417 e. The van der Waals surface area contributed by atoms with Gasteiger partial charge in [0.05, 0.1) is 0 Å². The van der Waals surface area contributed by atoms with Crippen molar-refractivity contribution in [1.29, 1.82) is 0 Å². The average molecular weight is 265 g/mol. The molecule has 0 spiro atoms. The molecule has 0 atom stereocenters. The summed E-state index contributed by atoms with van der Waals surface area (Å²) in [5.41, 5.74) is 8.98. The summed E-state index contributed by atoms with van der Waals surface area (Å²) in [6, 6.07) is 17.4. The Morgan fingerprint density at radius 1 is 1.00 bits per heavy atom. The van der Waals surface area contributed by atoms with E-state index in [-0.39, 0.29) is 5.54 Å². The van der Waals surface area contributed by atoms with Crippen LogP contribution >= 0.6 is 11.3 Å². The number of nitrogens with two attached hydrogens (primary N) is 1. The fourth-order valence-corrected chi connectivity index (χ4v) is 3.43. The van der Waals surface area contributed by atoms with E-state index >= 15 is 0 Å². The van der Waals surface area contributed by atoms with Gasteiger partial charge in [0.1, 0.15) is 0 Å². The molecule has 1 fully saturated rings. The topological polar surface area (TPSA) is 26.0 Å². The third kappa shape index (κ3) is 1.79. The van der Waals surface area contributed by atoms with E-state index in [9.17, 15) is 0 Å². The van der Waals surface area contributed by atoms with Gasteiger partial charge in [0.15, 0.2) is 0 Å². The highest BCUT2D eigenvalue weighted by molar-refractivity contribution is 7.13. The second-order valence-electron chi connectivity index (χ2n) is 5.38. The highest BCUT2D eigenvalue weighted by Crippen LogP contribution is 2.46. The second kappa shape index (κ2) is 3.92. The first kappa shape index (κ1) is 11.2. The molecule has 0 bridgehead atoms. The third-order valence-electron chi connectivity index (χ3n) is 3.99. The molecule has 2 heteroatoms. The first-order chi connectivity index (χ1) is 9.26. The summed E-state index contributed by atoms with van der Waals surface area (Å²) in [6.07, 6.45) is 2.20. The van der Waals surface area contributed by atoms with Crippen LogP contribution in [0.15, 0.2) is 53.9 Å². The number of rotatable bonds is 2. The zero-order valence-electron chi connectivity index (χ0n) is 10.6. The van der Waals surface area contributed by atoms with Crippen molar-refractivity contribution >= 4 is 22.1 Å². The summed E-state index contributed by atoms with van der Waals surface area (Å²) < 4.78 is 0. The lowest BCUT2D eigenvalue weighted by Gasteiger charge is -2.15. The van der Waals surface area contributed by atoms with Crippen molar-refractivity contribution in [2.45, 2.75) is 18.4 Å². The summed E-state index contributed by atoms with van der Waals surface area (Å²) in [5, 5.41) is 4.72. The molecule has 0 saturated heterocycles. The lowest BCUT2D eigenvalue weighted by atomic mass is 9.94. The fraction of sp³-hybridized carbons (Fsp3) is 0.176. The van der Waals surface area contributed by atoms with Crippen LogP contribution in [0.25, 0.3) is 21.2 Å². The Hall–Kier alpha value is -1.64. The molecule has 3 aromatic rings. The first-order valence-electron chi connectivity index (χ1n) is 6.62. The fourth-order valence-electron chi connectivity index (χ4n) is 2.71. The zero-order chi connectivity index (χ0) is 12.9. The lowest BCUT2D eigenvalue weighted by molar-refractivity contribution is 0.748. The van der Waals surface area contributed by atoms with E-state index in [2.05, 4.69) is 53.9 Å². The first-order valence-corrected chi connectivity index (χ1v) is 7.50. The molecule has 0 unspecified atom stereocenters. The normalized spacial score (nSPS) is 16.7. The largest absolute Gasteiger partial charge is 0.321 e. The molecule has 1 aliphatic carbocycles. The molecular weight excluding hydrogens is 250 g/mol. The van der Waals surface area contributed by atoms with Crippen molar-refractivity contribution in [2.24, 2.45) is 5.73 Å². The van der Waals surface area contributed by atoms with Crippen LogP contribution in [0.4, 0.5) is 0 Å². The van der Waals surface area contributed by atoms with E-state index < -0.39 is 0 Å². The predicted molar refractivity (Wildman–Crippen MR) is 82.4 cm³/mol. The van der Waals surface area contributed by atoms with E-state index in [1.165, 1.54) is 26.8 Å². The zero-order valence-corrected chi connectivity index (χ0v) is 11.4. The molecule has 1 heterocycles. The van der Waals surface area contributed by atoms with Crippen LogP contribution in [-0.4, -0.2) is 0 Å². The molecule has 0 aliphatic heterocycles. The van der Waals surface area contributed by atoms with Gasteiger partial charge in [-0.05, 0) is 58.3 Å². The van der Waals surface area contributed by atoms with Crippen molar-refractivity contribution in [3.63, 3.8) is 0 Å². The predicted octanol–water partition coefficient (Wildman–Crippen LogP) is 4.52. The number of benzene rings is 2. The van der Waals surface area contributed by atoms with Gasteiger partial charge in [-0.3, -0.25) is 0 Å². The second-order valence-corrected chi connectivity index (χ2v) is 6.33. The summed E-state index contributed by atoms with van der Waals surface area (Å²) in [6.45, 7) is 0. The van der Waals surface area contributed by atoms with E-state index in [4.69, 9.17) is 5.73 Å². The van der Waals surface area contributed by atoms with E-state index in [0.717, 1.165) is 12.8 Å². The Morgan fingerprint density at radius 2 is 1.84 bits per heavy atom. The van der Waals surface area contributed by atoms with Crippen LogP contribution in [-0.2, 0) is 5.54 Å². The van der Waals surface area contributed by atoms with Crippen LogP contribution in [0, 0.1) is 0 Å². The molecular formula is C17H15NS. The summed E-state index contributed by atoms with van der Waals surface area (Å²) in [7, 11) is 0. The van der Waals surface area contributed by atoms with E-state index in [0.29, 0.717) is 0 Å². The molecule has 0 radical (unpaired) electrons. The molecule has 94 valence electrons. The van der Waals surface area contributed by atoms with E-state index in [1.54, 1.807) is 11.3 Å². The maximum atomic E-state index is 6.46. The van der Waals surface area contributed by atoms with Crippen LogP contribution in [0.1, 0.15) is 18.4 Å². The van der Waals surface area contributed by atoms with Crippen molar-refractivity contribution < 1.29 is 0 Å². The molecule has 1 saturated carbocycles. The van der Waals surface area contributed by atoms with E-state index in [1.807, 2.05) is 0 Å². The molecule has 4 rings (SSSR count). The number of fused-ring (bicyclic) bond motifs is 1. The van der Waals surface area contributed by atoms with Gasteiger partial charge in [-0.2, -0.15) is 0 Å². The summed E-state index contributed by atoms with van der Waals surface area (Å²) in [4.78, 5) is 1.32. The minimum Gasteiger partial charge on any atom is -0.321 e. The number of hydrogen-bond donors (Lipinski definition) is 1. The van der Waals surface area contributed by atoms with Crippen LogP contribution in [0.2, 0.25) is 0 Å². The van der Waals surface area contributed by atoms with Crippen molar-refractivity contribution in [2.75, 3.05) is 0 Å². The highest BCUT2D eigenvalue weighted by Gasteiger charge is 2.41. The number of hydrogen-bond acceptors (Lipinski definition) is 2. The van der Waals surface area contributed by atoms with Crippen LogP contribution < -0.4 is 5.73 Å². The minimum atomic E-state index is -0.0904. The highest BCUT2D eigenvalue weighted by atomic mass is 32.1. The van der Waals surface area contributed by atoms with Gasteiger partial charge in [0, 0.05) is 10.4 Å². The molecule has 19 heavy (non-hydrogen) atoms. The van der Waals surface area contributed by atoms with Crippen LogP contribution in [0.5, 0.6) is 0 Å². The molecule has 1 aliphatic rings. The Kier molecular flexibility index (Phi) is 2.32. The Morgan fingerprint density at radius 3 is 2.58 bits per heavy atom. The van der Waals surface area contributed by atoms with Crippen molar-refractivity contribution in [3.8, 4) is 10.4 Å². The summed E-state index contributed by atoms with van der Waals surface area (Å²) in [5.74, 6) is 0. The summed E-state index contributed by atoms with van der Waals surface area (Å²) >= 11 is 1.78. The quantitative estimate of drug-likeness (QED) is 0.724. The molecule has 1 aromatic heterocycles. The standard InChI is InChI=1S/C17H15NS/c18-17(7-8-17)15-11-13(16-6-3-9-19-16)10-12-4-1-2-5-14(12)15/h1-6,9-11H,7-8,18H2. The van der Waals surface area contributed by atoms with Crippen LogP contribution in [0.3, 0.4) is 0 Å². The van der Waals surface area contributed by atoms with Gasteiger partial charge in [0.25, 0.3) is 0 Å². The van der Waals surface area contributed by atoms with Gasteiger partial charge >= 0.3 is 0 Å². The monoisotopic (exact) mass is 265 g/mol. The Balaban J connectivity index is 2.02. The molecule has 1 nitrogen and oxygen atoms in total. The van der Waals surface area contributed by atoms with Gasteiger partial charge in [-0.25, -0.2) is 0 Å². The Labute approximate surface area is 116 Å². The molecule has 0 amide bonds. The van der Waals surface area contributed by atoms with Gasteiger partial charge in [-0.15, -0.1) is 11.3 Å². The van der Waals surface area contributed by atoms with Gasteiger partial charge in [-0.1, -0.05) is 30.3 Å². The van der Waals surface area contributed by atoms with Gasteiger partial charge in [0.2, 0.25) is 0 Å². The van der Waals surface area contributed by atoms with Crippen molar-refractivity contribution in [1.82, 2.24) is 0 Å². The molecule has 2 N–H and O–H groups in total. The van der Waals surface area contributed by atoms with Gasteiger partial charge < -0.3 is 5.73 Å². The maximum absolute atomic E-state index is 6.46.